The summed E-state index contributed by atoms with van der Waals surface area (Å²) in [4.78, 5) is 11.2. The van der Waals surface area contributed by atoms with Gasteiger partial charge in [0.2, 0.25) is 5.91 Å². The van der Waals surface area contributed by atoms with Crippen LogP contribution in [0.1, 0.15) is 55.3 Å². The van der Waals surface area contributed by atoms with Crippen LogP contribution in [0, 0.1) is 0 Å². The van der Waals surface area contributed by atoms with Crippen molar-refractivity contribution in [2.24, 2.45) is 5.73 Å². The van der Waals surface area contributed by atoms with Gasteiger partial charge in [-0.25, -0.2) is 0 Å². The maximum atomic E-state index is 11.2. The Kier molecular flexibility index (Phi) is 4.15. The number of primary amides is 1. The largest absolute Gasteiger partial charge is 0.382 e. The number of benzene rings is 1. The van der Waals surface area contributed by atoms with Crippen LogP contribution in [0.4, 0.5) is 5.69 Å². The maximum absolute atomic E-state index is 11.2. The lowest BCUT2D eigenvalue weighted by Gasteiger charge is -2.33. The summed E-state index contributed by atoms with van der Waals surface area (Å²) in [6.07, 6.45) is 9.01. The molecule has 21 heavy (non-hydrogen) atoms. The number of hydrogen-bond acceptors (Lipinski definition) is 3. The van der Waals surface area contributed by atoms with Gasteiger partial charge in [-0.05, 0) is 43.9 Å². The van der Waals surface area contributed by atoms with Gasteiger partial charge in [0.1, 0.15) is 0 Å². The van der Waals surface area contributed by atoms with Crippen molar-refractivity contribution >= 4 is 11.6 Å². The van der Waals surface area contributed by atoms with Gasteiger partial charge in [-0.1, -0.05) is 25.3 Å². The number of hydrogen-bond donors (Lipinski definition) is 2. The van der Waals surface area contributed by atoms with Crippen LogP contribution in [0.15, 0.2) is 24.3 Å². The van der Waals surface area contributed by atoms with Gasteiger partial charge < -0.3 is 15.8 Å². The fraction of sp³-hybridized carbons (Fsp3) is 0.588. The molecule has 1 aliphatic heterocycles. The molecule has 114 valence electrons. The van der Waals surface area contributed by atoms with Crippen molar-refractivity contribution in [3.63, 3.8) is 0 Å². The lowest BCUT2D eigenvalue weighted by molar-refractivity contribution is -0.0588. The molecule has 2 aliphatic rings. The van der Waals surface area contributed by atoms with E-state index in [1.54, 1.807) is 12.1 Å². The summed E-state index contributed by atoms with van der Waals surface area (Å²) >= 11 is 0. The molecule has 1 spiro atoms. The van der Waals surface area contributed by atoms with Crippen molar-refractivity contribution in [2.75, 3.05) is 11.9 Å². The predicted molar refractivity (Wildman–Crippen MR) is 83.4 cm³/mol. The van der Waals surface area contributed by atoms with E-state index in [0.717, 1.165) is 18.7 Å². The van der Waals surface area contributed by atoms with Crippen molar-refractivity contribution in [2.45, 2.75) is 56.7 Å². The fourth-order valence-electron chi connectivity index (χ4n) is 3.62. The minimum Gasteiger partial charge on any atom is -0.382 e. The molecule has 4 nitrogen and oxygen atoms in total. The molecule has 3 N–H and O–H groups in total. The van der Waals surface area contributed by atoms with Crippen LogP contribution in [-0.4, -0.2) is 24.2 Å². The highest BCUT2D eigenvalue weighted by molar-refractivity contribution is 5.93. The zero-order valence-corrected chi connectivity index (χ0v) is 12.4. The van der Waals surface area contributed by atoms with Gasteiger partial charge in [0.15, 0.2) is 0 Å². The van der Waals surface area contributed by atoms with Crippen LogP contribution in [0.2, 0.25) is 0 Å². The van der Waals surface area contributed by atoms with Crippen molar-refractivity contribution in [3.8, 4) is 0 Å². The molecule has 0 aromatic heterocycles. The molecular weight excluding hydrogens is 264 g/mol. The lowest BCUT2D eigenvalue weighted by Crippen LogP contribution is -2.33. The van der Waals surface area contributed by atoms with Gasteiger partial charge in [-0.3, -0.25) is 4.79 Å². The summed E-state index contributed by atoms with van der Waals surface area (Å²) in [6, 6.07) is 7.34. The molecule has 1 saturated carbocycles. The Morgan fingerprint density at radius 2 is 2.10 bits per heavy atom. The van der Waals surface area contributed by atoms with Crippen molar-refractivity contribution in [3.05, 3.63) is 29.8 Å². The van der Waals surface area contributed by atoms with Crippen LogP contribution in [-0.2, 0) is 4.74 Å². The molecule has 1 heterocycles. The molecule has 1 atom stereocenters. The van der Waals surface area contributed by atoms with E-state index in [9.17, 15) is 4.79 Å². The van der Waals surface area contributed by atoms with Crippen molar-refractivity contribution < 1.29 is 9.53 Å². The number of nitrogens with two attached hydrogens (primary N) is 1. The molecule has 3 rings (SSSR count). The number of nitrogens with one attached hydrogen (secondary N) is 1. The third-order valence-electron chi connectivity index (χ3n) is 4.78. The third-order valence-corrected chi connectivity index (χ3v) is 4.78. The number of rotatable bonds is 4. The molecule has 1 amide bonds. The molecular formula is C17H24N2O2. The fourth-order valence-corrected chi connectivity index (χ4v) is 3.62. The van der Waals surface area contributed by atoms with Gasteiger partial charge in [-0.15, -0.1) is 0 Å². The second-order valence-electron chi connectivity index (χ2n) is 6.35. The first-order chi connectivity index (χ1) is 10.2. The zero-order valence-electron chi connectivity index (χ0n) is 12.4. The van der Waals surface area contributed by atoms with Gasteiger partial charge >= 0.3 is 0 Å². The second-order valence-corrected chi connectivity index (χ2v) is 6.35. The summed E-state index contributed by atoms with van der Waals surface area (Å²) in [5.74, 6) is -0.392. The van der Waals surface area contributed by atoms with E-state index in [4.69, 9.17) is 10.5 Å². The molecule has 1 aliphatic carbocycles. The Hall–Kier alpha value is -1.55. The van der Waals surface area contributed by atoms with E-state index in [1.807, 2.05) is 12.1 Å². The monoisotopic (exact) mass is 288 g/mol. The summed E-state index contributed by atoms with van der Waals surface area (Å²) in [5, 5.41) is 3.37. The van der Waals surface area contributed by atoms with Crippen LogP contribution in [0.5, 0.6) is 0 Å². The molecule has 4 heteroatoms. The first-order valence-corrected chi connectivity index (χ1v) is 7.98. The molecule has 1 unspecified atom stereocenters. The predicted octanol–water partition coefficient (Wildman–Crippen LogP) is 3.08. The summed E-state index contributed by atoms with van der Waals surface area (Å²) in [7, 11) is 0. The SMILES string of the molecule is NC(=O)c1cccc(NCC2CCC3(CCCCC3)O2)c1. The average molecular weight is 288 g/mol. The zero-order chi connectivity index (χ0) is 14.7. The van der Waals surface area contributed by atoms with E-state index in [2.05, 4.69) is 5.32 Å². The van der Waals surface area contributed by atoms with Crippen LogP contribution >= 0.6 is 0 Å². The maximum Gasteiger partial charge on any atom is 0.248 e. The van der Waals surface area contributed by atoms with E-state index in [0.29, 0.717) is 5.56 Å². The summed E-state index contributed by atoms with van der Waals surface area (Å²) in [5.41, 5.74) is 6.94. The van der Waals surface area contributed by atoms with E-state index in [-0.39, 0.29) is 11.7 Å². The van der Waals surface area contributed by atoms with E-state index in [1.165, 1.54) is 38.5 Å². The minimum absolute atomic E-state index is 0.166. The van der Waals surface area contributed by atoms with Crippen LogP contribution < -0.4 is 11.1 Å². The molecule has 0 bridgehead atoms. The third kappa shape index (κ3) is 3.38. The topological polar surface area (TPSA) is 64.4 Å². The van der Waals surface area contributed by atoms with Crippen LogP contribution in [0.25, 0.3) is 0 Å². The summed E-state index contributed by atoms with van der Waals surface area (Å²) < 4.78 is 6.34. The number of anilines is 1. The molecule has 0 radical (unpaired) electrons. The minimum atomic E-state index is -0.392. The Labute approximate surface area is 126 Å². The highest BCUT2D eigenvalue weighted by Crippen LogP contribution is 2.41. The second kappa shape index (κ2) is 6.06. The lowest BCUT2D eigenvalue weighted by atomic mass is 9.83. The number of carbonyl (C=O) groups excluding carboxylic acids is 1. The Bertz CT molecular complexity index is 509. The molecule has 1 saturated heterocycles. The van der Waals surface area contributed by atoms with Crippen molar-refractivity contribution in [1.82, 2.24) is 0 Å². The van der Waals surface area contributed by atoms with E-state index < -0.39 is 5.91 Å². The van der Waals surface area contributed by atoms with Gasteiger partial charge in [0.25, 0.3) is 0 Å². The Morgan fingerprint density at radius 3 is 2.86 bits per heavy atom. The highest BCUT2D eigenvalue weighted by atomic mass is 16.5. The molecule has 1 aromatic carbocycles. The number of amides is 1. The smallest absolute Gasteiger partial charge is 0.248 e. The van der Waals surface area contributed by atoms with Gasteiger partial charge in [0.05, 0.1) is 11.7 Å². The number of ether oxygens (including phenoxy) is 1. The summed E-state index contributed by atoms with van der Waals surface area (Å²) in [6.45, 7) is 0.796. The number of carbonyl (C=O) groups is 1. The first kappa shape index (κ1) is 14.4. The Balaban J connectivity index is 1.54. The van der Waals surface area contributed by atoms with Gasteiger partial charge in [-0.2, -0.15) is 0 Å². The first-order valence-electron chi connectivity index (χ1n) is 7.98. The van der Waals surface area contributed by atoms with Gasteiger partial charge in [0, 0.05) is 17.8 Å². The molecule has 1 aromatic rings. The quantitative estimate of drug-likeness (QED) is 0.895. The standard InChI is InChI=1S/C17H24N2O2/c18-16(20)13-5-4-6-14(11-13)19-12-15-7-10-17(21-15)8-2-1-3-9-17/h4-6,11,15,19H,1-3,7-10,12H2,(H2,18,20). The Morgan fingerprint density at radius 1 is 1.29 bits per heavy atom. The normalized spacial score (nSPS) is 24.1. The van der Waals surface area contributed by atoms with E-state index >= 15 is 0 Å². The molecule has 2 fully saturated rings. The highest BCUT2D eigenvalue weighted by Gasteiger charge is 2.40. The average Bonchev–Trinajstić information content (AvgIpc) is 2.89. The van der Waals surface area contributed by atoms with Crippen molar-refractivity contribution in [1.29, 1.82) is 0 Å². The van der Waals surface area contributed by atoms with Crippen LogP contribution in [0.3, 0.4) is 0 Å².